The van der Waals surface area contributed by atoms with Crippen LogP contribution in [0.5, 0.6) is 0 Å². The number of rotatable bonds is 4. The lowest BCUT2D eigenvalue weighted by Crippen LogP contribution is -2.02. The van der Waals surface area contributed by atoms with Gasteiger partial charge < -0.3 is 0 Å². The number of nitrogens with zero attached hydrogens (tertiary/aromatic N) is 3. The van der Waals surface area contributed by atoms with Crippen molar-refractivity contribution in [2.75, 3.05) is 0 Å². The molecule has 0 saturated carbocycles. The van der Waals surface area contributed by atoms with E-state index in [1.165, 1.54) is 10.9 Å². The first kappa shape index (κ1) is 17.2. The molecule has 132 valence electrons. The van der Waals surface area contributed by atoms with Crippen LogP contribution in [0.4, 0.5) is 10.1 Å². The Morgan fingerprint density at radius 3 is 2.07 bits per heavy atom. The third kappa shape index (κ3) is 3.81. The van der Waals surface area contributed by atoms with Crippen LogP contribution in [-0.4, -0.2) is 15.5 Å². The Morgan fingerprint density at radius 2 is 1.52 bits per heavy atom. The van der Waals surface area contributed by atoms with Gasteiger partial charge in [-0.15, -0.1) is 0 Å². The number of hydrogen-bond donors (Lipinski definition) is 0. The summed E-state index contributed by atoms with van der Waals surface area (Å²) < 4.78 is 14.7. The van der Waals surface area contributed by atoms with Gasteiger partial charge in [0.05, 0.1) is 34.5 Å². The fourth-order valence-electron chi connectivity index (χ4n) is 2.80. The molecule has 0 radical (unpaired) electrons. The van der Waals surface area contributed by atoms with Crippen LogP contribution in [0.25, 0.3) is 5.69 Å². The van der Waals surface area contributed by atoms with Gasteiger partial charge in [0.15, 0.2) is 5.82 Å². The fraction of sp³-hybridized carbons (Fsp3) is 0. The average molecular weight is 376 g/mol. The Morgan fingerprint density at radius 1 is 0.889 bits per heavy atom. The Bertz CT molecular complexity index is 1050. The van der Waals surface area contributed by atoms with Gasteiger partial charge >= 0.3 is 0 Å². The number of halogens is 2. The molecule has 5 heteroatoms. The molecule has 0 unspecified atom stereocenters. The third-order valence-electron chi connectivity index (χ3n) is 4.06. The van der Waals surface area contributed by atoms with Crippen LogP contribution in [0.2, 0.25) is 5.02 Å². The van der Waals surface area contributed by atoms with Gasteiger partial charge in [0, 0.05) is 11.1 Å². The summed E-state index contributed by atoms with van der Waals surface area (Å²) in [7, 11) is 0. The second kappa shape index (κ2) is 7.56. The minimum Gasteiger partial charge on any atom is -0.248 e. The molecular weight excluding hydrogens is 361 g/mol. The molecular formula is C22H15ClFN3. The first-order chi connectivity index (χ1) is 13.2. The topological polar surface area (TPSA) is 30.2 Å². The van der Waals surface area contributed by atoms with Gasteiger partial charge in [-0.1, -0.05) is 72.3 Å². The van der Waals surface area contributed by atoms with Gasteiger partial charge in [-0.3, -0.25) is 0 Å². The summed E-state index contributed by atoms with van der Waals surface area (Å²) in [6, 6.07) is 25.3. The maximum atomic E-state index is 13.3. The van der Waals surface area contributed by atoms with Crippen molar-refractivity contribution in [3.8, 4) is 5.69 Å². The van der Waals surface area contributed by atoms with Crippen LogP contribution in [-0.2, 0) is 0 Å². The smallest absolute Gasteiger partial charge is 0.161 e. The maximum absolute atomic E-state index is 13.3. The maximum Gasteiger partial charge on any atom is 0.161 e. The normalized spacial score (nSPS) is 10.6. The lowest BCUT2D eigenvalue weighted by Gasteiger charge is -2.09. The van der Waals surface area contributed by atoms with Gasteiger partial charge in [-0.25, -0.2) is 14.1 Å². The zero-order valence-electron chi connectivity index (χ0n) is 14.3. The molecule has 0 N–H and O–H groups in total. The Balaban J connectivity index is 1.84. The number of hydrogen-bond acceptors (Lipinski definition) is 2. The Kier molecular flexibility index (Phi) is 4.81. The molecule has 0 spiro atoms. The van der Waals surface area contributed by atoms with Crippen LogP contribution in [0, 0.1) is 5.82 Å². The zero-order valence-corrected chi connectivity index (χ0v) is 15.0. The van der Waals surface area contributed by atoms with E-state index in [1.54, 1.807) is 12.1 Å². The molecule has 4 rings (SSSR count). The highest BCUT2D eigenvalue weighted by molar-refractivity contribution is 6.32. The SMILES string of the molecule is Fc1cnn(-c2cc(N=C(c3ccccc3)c3ccccc3)ccc2Cl)c1. The molecule has 0 fully saturated rings. The molecule has 1 aromatic heterocycles. The molecule has 0 bridgehead atoms. The monoisotopic (exact) mass is 375 g/mol. The summed E-state index contributed by atoms with van der Waals surface area (Å²) in [6.45, 7) is 0. The summed E-state index contributed by atoms with van der Waals surface area (Å²) in [5.74, 6) is -0.422. The first-order valence-corrected chi connectivity index (χ1v) is 8.78. The molecule has 0 aliphatic carbocycles. The highest BCUT2D eigenvalue weighted by Crippen LogP contribution is 2.27. The summed E-state index contributed by atoms with van der Waals surface area (Å²) in [6.07, 6.45) is 2.43. The standard InChI is InChI=1S/C22H15ClFN3/c23-20-12-11-19(13-21(20)27-15-18(24)14-25-27)26-22(16-7-3-1-4-8-16)17-9-5-2-6-10-17/h1-15H. The zero-order chi connectivity index (χ0) is 18.6. The van der Waals surface area contributed by atoms with E-state index in [9.17, 15) is 4.39 Å². The summed E-state index contributed by atoms with van der Waals surface area (Å²) in [5, 5.41) is 4.46. The van der Waals surface area contributed by atoms with Crippen molar-refractivity contribution in [1.82, 2.24) is 9.78 Å². The minimum absolute atomic E-state index is 0.422. The predicted molar refractivity (Wildman–Crippen MR) is 107 cm³/mol. The van der Waals surface area contributed by atoms with E-state index in [-0.39, 0.29) is 0 Å². The third-order valence-corrected chi connectivity index (χ3v) is 4.38. The van der Waals surface area contributed by atoms with Crippen molar-refractivity contribution in [3.63, 3.8) is 0 Å². The molecule has 0 amide bonds. The molecule has 3 aromatic carbocycles. The quantitative estimate of drug-likeness (QED) is 0.412. The Labute approximate surface area is 161 Å². The van der Waals surface area contributed by atoms with Crippen LogP contribution in [0.15, 0.2) is 96.2 Å². The second-order valence-electron chi connectivity index (χ2n) is 5.93. The van der Waals surface area contributed by atoms with E-state index in [1.807, 2.05) is 66.7 Å². The van der Waals surface area contributed by atoms with Gasteiger partial charge in [-0.2, -0.15) is 5.10 Å². The number of benzene rings is 3. The highest BCUT2D eigenvalue weighted by atomic mass is 35.5. The van der Waals surface area contributed by atoms with Crippen molar-refractivity contribution in [1.29, 1.82) is 0 Å². The van der Waals surface area contributed by atoms with Crippen LogP contribution < -0.4 is 0 Å². The van der Waals surface area contributed by atoms with Crippen molar-refractivity contribution >= 4 is 23.0 Å². The van der Waals surface area contributed by atoms with E-state index in [2.05, 4.69) is 5.10 Å². The van der Waals surface area contributed by atoms with E-state index in [4.69, 9.17) is 16.6 Å². The summed E-state index contributed by atoms with van der Waals surface area (Å²) >= 11 is 6.28. The summed E-state index contributed by atoms with van der Waals surface area (Å²) in [5.41, 5.74) is 4.13. The van der Waals surface area contributed by atoms with Crippen molar-refractivity contribution in [2.24, 2.45) is 4.99 Å². The van der Waals surface area contributed by atoms with Gasteiger partial charge in [0.1, 0.15) is 0 Å². The highest BCUT2D eigenvalue weighted by Gasteiger charge is 2.10. The number of aliphatic imine (C=N–C) groups is 1. The first-order valence-electron chi connectivity index (χ1n) is 8.40. The Hall–Kier alpha value is -3.24. The van der Waals surface area contributed by atoms with Crippen LogP contribution >= 0.6 is 11.6 Å². The van der Waals surface area contributed by atoms with Crippen molar-refractivity contribution < 1.29 is 4.39 Å². The largest absolute Gasteiger partial charge is 0.248 e. The predicted octanol–water partition coefficient (Wildman–Crippen LogP) is 5.83. The van der Waals surface area contributed by atoms with E-state index in [0.29, 0.717) is 16.4 Å². The van der Waals surface area contributed by atoms with Crippen molar-refractivity contribution in [3.05, 3.63) is 113 Å². The minimum atomic E-state index is -0.422. The molecule has 1 heterocycles. The van der Waals surface area contributed by atoms with Gasteiger partial charge in [0.2, 0.25) is 0 Å². The van der Waals surface area contributed by atoms with Crippen LogP contribution in [0.1, 0.15) is 11.1 Å². The van der Waals surface area contributed by atoms with Crippen molar-refractivity contribution in [2.45, 2.75) is 0 Å². The summed E-state index contributed by atoms with van der Waals surface area (Å²) in [4.78, 5) is 4.86. The molecule has 0 aliphatic heterocycles. The molecule has 27 heavy (non-hydrogen) atoms. The molecule has 0 atom stereocenters. The number of aromatic nitrogens is 2. The van der Waals surface area contributed by atoms with E-state index >= 15 is 0 Å². The van der Waals surface area contributed by atoms with Gasteiger partial charge in [-0.05, 0) is 18.2 Å². The lowest BCUT2D eigenvalue weighted by atomic mass is 10.0. The fourth-order valence-corrected chi connectivity index (χ4v) is 3.00. The van der Waals surface area contributed by atoms with Gasteiger partial charge in [0.25, 0.3) is 0 Å². The van der Waals surface area contributed by atoms with E-state index in [0.717, 1.165) is 23.0 Å². The molecule has 4 aromatic rings. The second-order valence-corrected chi connectivity index (χ2v) is 6.34. The van der Waals surface area contributed by atoms with E-state index < -0.39 is 5.82 Å². The average Bonchev–Trinajstić information content (AvgIpc) is 3.15. The lowest BCUT2D eigenvalue weighted by molar-refractivity contribution is 0.627. The molecule has 0 saturated heterocycles. The molecule has 0 aliphatic rings. The molecule has 3 nitrogen and oxygen atoms in total. The van der Waals surface area contributed by atoms with Crippen LogP contribution in [0.3, 0.4) is 0 Å².